The molecule has 4 rings (SSSR count). The Morgan fingerprint density at radius 3 is 0.879 bits per heavy atom. The highest BCUT2D eigenvalue weighted by Crippen LogP contribution is 2.10. The molecule has 0 amide bonds. The maximum absolute atomic E-state index is 13.6. The average Bonchev–Trinajstić information content (AvgIpc) is 2.72. The van der Waals surface area contributed by atoms with E-state index in [0.717, 1.165) is 13.7 Å². The highest BCUT2D eigenvalue weighted by Gasteiger charge is 2.20. The largest absolute Gasteiger partial charge is 0.345 e. The normalized spacial score (nSPS) is 30.4. The number of nitrogens with zero attached hydrogens (tertiary/aromatic N) is 3. The predicted molar refractivity (Wildman–Crippen MR) is 134 cm³/mol. The van der Waals surface area contributed by atoms with Gasteiger partial charge in [0.1, 0.15) is 0 Å². The lowest BCUT2D eigenvalue weighted by atomic mass is 10.2. The van der Waals surface area contributed by atoms with Crippen LogP contribution in [0.3, 0.4) is 0 Å². The lowest BCUT2D eigenvalue weighted by Gasteiger charge is -2.16. The van der Waals surface area contributed by atoms with Crippen molar-refractivity contribution in [3.8, 4) is 0 Å². The summed E-state index contributed by atoms with van der Waals surface area (Å²) in [5, 5.41) is 0. The van der Waals surface area contributed by atoms with E-state index in [4.69, 9.17) is 0 Å². The van der Waals surface area contributed by atoms with E-state index in [1.165, 1.54) is 0 Å². The first kappa shape index (κ1) is 21.5. The number of hydrogen-bond donors (Lipinski definition) is 0. The van der Waals surface area contributed by atoms with Crippen LogP contribution in [0.5, 0.6) is 0 Å². The molecule has 0 atom stereocenters. The monoisotopic (exact) mass is 435 g/mol. The van der Waals surface area contributed by atoms with Gasteiger partial charge in [0.05, 0.1) is 17.1 Å². The van der Waals surface area contributed by atoms with Gasteiger partial charge in [0.2, 0.25) is 0 Å². The van der Waals surface area contributed by atoms with E-state index in [0.29, 0.717) is 17.1 Å². The quantitative estimate of drug-likeness (QED) is 0.727. The van der Waals surface area contributed by atoms with Crippen LogP contribution in [0.15, 0.2) is 142 Å². The zero-order chi connectivity index (χ0) is 23.0. The van der Waals surface area contributed by atoms with E-state index < -0.39 is 17.1 Å². The number of hydrogen-bond acceptors (Lipinski definition) is 3. The molecule has 0 fully saturated rings. The van der Waals surface area contributed by atoms with E-state index in [9.17, 15) is 14.4 Å². The molecule has 33 heavy (non-hydrogen) atoms. The van der Waals surface area contributed by atoms with Crippen molar-refractivity contribution in [2.24, 2.45) is 0 Å². The van der Waals surface area contributed by atoms with Crippen LogP contribution in [-0.2, 0) is 0 Å². The molecule has 1 heterocycles. The van der Waals surface area contributed by atoms with Crippen LogP contribution in [-0.4, -0.2) is 13.7 Å². The maximum Gasteiger partial charge on any atom is 0.345 e. The summed E-state index contributed by atoms with van der Waals surface area (Å²) in [5.41, 5.74) is -1.25. The van der Waals surface area contributed by atoms with Crippen LogP contribution in [0, 0.1) is 0 Å². The van der Waals surface area contributed by atoms with E-state index in [-0.39, 0.29) is 0 Å². The Bertz CT molecular complexity index is 1290. The molecular formula is C27H21N3O3. The summed E-state index contributed by atoms with van der Waals surface area (Å²) >= 11 is 0. The van der Waals surface area contributed by atoms with Gasteiger partial charge in [-0.25, -0.2) is 28.1 Å². The minimum Gasteiger partial charge on any atom is -0.246 e. The molecule has 0 aliphatic heterocycles. The van der Waals surface area contributed by atoms with Crippen molar-refractivity contribution in [2.45, 2.75) is 0 Å². The zero-order valence-corrected chi connectivity index (χ0v) is 17.7. The third kappa shape index (κ3) is 4.65. The van der Waals surface area contributed by atoms with Crippen LogP contribution in [0.1, 0.15) is 0 Å². The summed E-state index contributed by atoms with van der Waals surface area (Å²) in [4.78, 5) is 40.7. The third-order valence-electron chi connectivity index (χ3n) is 4.86. The van der Waals surface area contributed by atoms with E-state index in [1.807, 2.05) is 18.2 Å². The SMILES string of the molecule is O=c1n(C2=C/C=C\C=C/C=C\2)c(=O)n(C2=C/C=C\C=C/C=C\2)c(=O)n1C1=C/C=C\C=C/C=C\1. The standard InChI is InChI=1S/C27H21N3O3/c31-25-28(22-16-10-4-1-5-11-17-22)26(32)30(24-20-14-8-3-9-15-21-24)27(33)29(25)23-18-12-6-2-7-13-19-23/h1-21H/b4-1-,5-1?,6-2-,7-2?,8-3-,9-3?,10-4?,11-5-,12-6?,13-7-,14-8?,15-9-,16-10-,17-11?,18-12-,19-13?,20-14-,21-15?,22-16?,22-17+,23-18?,23-19+,24-20?,24-21+. The highest BCUT2D eigenvalue weighted by molar-refractivity contribution is 5.65. The second-order valence-electron chi connectivity index (χ2n) is 7.02. The molecule has 3 aliphatic carbocycles. The number of allylic oxidation sites excluding steroid dienone is 24. The molecule has 0 bridgehead atoms. The first-order chi connectivity index (χ1) is 16.2. The first-order valence-electron chi connectivity index (χ1n) is 10.4. The Morgan fingerprint density at radius 1 is 0.333 bits per heavy atom. The molecule has 1 aromatic rings. The van der Waals surface area contributed by atoms with Gasteiger partial charge in [0.25, 0.3) is 0 Å². The fourth-order valence-electron chi connectivity index (χ4n) is 3.32. The highest BCUT2D eigenvalue weighted by atomic mass is 16.2. The van der Waals surface area contributed by atoms with Gasteiger partial charge in [-0.3, -0.25) is 0 Å². The van der Waals surface area contributed by atoms with Crippen molar-refractivity contribution in [1.82, 2.24) is 13.7 Å². The predicted octanol–water partition coefficient (Wildman–Crippen LogP) is 3.74. The van der Waals surface area contributed by atoms with Crippen LogP contribution < -0.4 is 17.1 Å². The molecule has 0 radical (unpaired) electrons. The van der Waals surface area contributed by atoms with Crippen molar-refractivity contribution in [1.29, 1.82) is 0 Å². The van der Waals surface area contributed by atoms with Gasteiger partial charge in [-0.1, -0.05) is 91.1 Å². The summed E-state index contributed by atoms with van der Waals surface area (Å²) in [7, 11) is 0. The fraction of sp³-hybridized carbons (Fsp3) is 0. The van der Waals surface area contributed by atoms with Gasteiger partial charge >= 0.3 is 17.1 Å². The molecule has 162 valence electrons. The van der Waals surface area contributed by atoms with E-state index in [2.05, 4.69) is 0 Å². The maximum atomic E-state index is 13.6. The number of rotatable bonds is 3. The van der Waals surface area contributed by atoms with Gasteiger partial charge in [0.15, 0.2) is 0 Å². The van der Waals surface area contributed by atoms with Crippen LogP contribution >= 0.6 is 0 Å². The molecule has 0 N–H and O–H groups in total. The van der Waals surface area contributed by atoms with Crippen LogP contribution in [0.2, 0.25) is 0 Å². The number of aromatic nitrogens is 3. The smallest absolute Gasteiger partial charge is 0.246 e. The second kappa shape index (κ2) is 10.1. The van der Waals surface area contributed by atoms with Crippen molar-refractivity contribution >= 4 is 17.1 Å². The molecular weight excluding hydrogens is 414 g/mol. The molecule has 3 aliphatic rings. The molecule has 0 saturated carbocycles. The second-order valence-corrected chi connectivity index (χ2v) is 7.02. The molecule has 0 spiro atoms. The van der Waals surface area contributed by atoms with Crippen molar-refractivity contribution in [2.75, 3.05) is 0 Å². The molecule has 6 nitrogen and oxygen atoms in total. The molecule has 6 heteroatoms. The lowest BCUT2D eigenvalue weighted by molar-refractivity contribution is 0.687. The fourth-order valence-corrected chi connectivity index (χ4v) is 3.32. The summed E-state index contributed by atoms with van der Waals surface area (Å²) in [6.07, 6.45) is 36.5. The minimum atomic E-state index is -0.755. The van der Waals surface area contributed by atoms with Gasteiger partial charge in [-0.2, -0.15) is 0 Å². The van der Waals surface area contributed by atoms with Crippen molar-refractivity contribution in [3.05, 3.63) is 159 Å². The average molecular weight is 435 g/mol. The summed E-state index contributed by atoms with van der Waals surface area (Å²) in [5.74, 6) is 0. The molecule has 0 unspecified atom stereocenters. The van der Waals surface area contributed by atoms with E-state index in [1.54, 1.807) is 109 Å². The molecule has 0 saturated heterocycles. The molecule has 0 aromatic carbocycles. The lowest BCUT2D eigenvalue weighted by Crippen LogP contribution is -2.53. The summed E-state index contributed by atoms with van der Waals surface area (Å²) < 4.78 is 3.00. The minimum absolute atomic E-state index is 0.338. The Hall–Kier alpha value is -4.71. The Labute approximate surface area is 190 Å². The third-order valence-corrected chi connectivity index (χ3v) is 4.86. The topological polar surface area (TPSA) is 66.0 Å². The summed E-state index contributed by atoms with van der Waals surface area (Å²) in [6, 6.07) is 0. The Balaban J connectivity index is 2.09. The first-order valence-corrected chi connectivity index (χ1v) is 10.4. The van der Waals surface area contributed by atoms with Gasteiger partial charge in [-0.05, 0) is 36.5 Å². The van der Waals surface area contributed by atoms with E-state index >= 15 is 0 Å². The van der Waals surface area contributed by atoms with Gasteiger partial charge < -0.3 is 0 Å². The van der Waals surface area contributed by atoms with Crippen LogP contribution in [0.25, 0.3) is 17.1 Å². The van der Waals surface area contributed by atoms with Crippen LogP contribution in [0.4, 0.5) is 0 Å². The summed E-state index contributed by atoms with van der Waals surface area (Å²) in [6.45, 7) is 0. The van der Waals surface area contributed by atoms with Crippen molar-refractivity contribution < 1.29 is 0 Å². The van der Waals surface area contributed by atoms with Crippen molar-refractivity contribution in [3.63, 3.8) is 0 Å². The Kier molecular flexibility index (Phi) is 6.56. The zero-order valence-electron chi connectivity index (χ0n) is 17.7. The Morgan fingerprint density at radius 2 is 0.576 bits per heavy atom. The molecule has 1 aromatic heterocycles. The van der Waals surface area contributed by atoms with Gasteiger partial charge in [0, 0.05) is 0 Å². The van der Waals surface area contributed by atoms with Gasteiger partial charge in [-0.15, -0.1) is 0 Å².